The fourth-order valence-corrected chi connectivity index (χ4v) is 3.46. The third kappa shape index (κ3) is 2.48. The van der Waals surface area contributed by atoms with Crippen LogP contribution in [-0.4, -0.2) is 33.7 Å². The standard InChI is InChI=1S/C11H20INO2/c1-7(2)5-8-10-9(6-13(8)12)14-11(3,4)15-10/h7-10H,5-6H2,1-4H3. The Morgan fingerprint density at radius 2 is 2.07 bits per heavy atom. The van der Waals surface area contributed by atoms with Crippen molar-refractivity contribution < 1.29 is 9.47 Å². The van der Waals surface area contributed by atoms with E-state index >= 15 is 0 Å². The first-order valence-electron chi connectivity index (χ1n) is 5.67. The molecule has 3 nitrogen and oxygen atoms in total. The van der Waals surface area contributed by atoms with Crippen molar-refractivity contribution in [3.63, 3.8) is 0 Å². The molecule has 3 atom stereocenters. The molecule has 0 spiro atoms. The van der Waals surface area contributed by atoms with Crippen LogP contribution in [0, 0.1) is 5.92 Å². The Morgan fingerprint density at radius 3 is 2.67 bits per heavy atom. The first-order valence-corrected chi connectivity index (χ1v) is 6.63. The van der Waals surface area contributed by atoms with Crippen LogP contribution in [-0.2, 0) is 9.47 Å². The highest BCUT2D eigenvalue weighted by molar-refractivity contribution is 14.1. The van der Waals surface area contributed by atoms with E-state index in [9.17, 15) is 0 Å². The second kappa shape index (κ2) is 4.13. The summed E-state index contributed by atoms with van der Waals surface area (Å²) < 4.78 is 14.2. The topological polar surface area (TPSA) is 21.7 Å². The second-order valence-electron chi connectivity index (χ2n) is 5.42. The van der Waals surface area contributed by atoms with E-state index in [2.05, 4.69) is 39.8 Å². The fourth-order valence-electron chi connectivity index (χ4n) is 2.53. The van der Waals surface area contributed by atoms with Crippen molar-refractivity contribution in [1.82, 2.24) is 3.11 Å². The zero-order chi connectivity index (χ0) is 11.2. The molecule has 88 valence electrons. The van der Waals surface area contributed by atoms with E-state index in [0.29, 0.717) is 12.0 Å². The van der Waals surface area contributed by atoms with Gasteiger partial charge in [0.1, 0.15) is 12.2 Å². The first-order chi connectivity index (χ1) is 6.89. The van der Waals surface area contributed by atoms with Crippen molar-refractivity contribution in [2.75, 3.05) is 6.54 Å². The highest BCUT2D eigenvalue weighted by Gasteiger charge is 2.51. The maximum Gasteiger partial charge on any atom is 0.163 e. The zero-order valence-electron chi connectivity index (χ0n) is 9.87. The minimum atomic E-state index is -0.386. The molecular weight excluding hydrogens is 305 g/mol. The number of fused-ring (bicyclic) bond motifs is 1. The minimum absolute atomic E-state index is 0.263. The van der Waals surface area contributed by atoms with Gasteiger partial charge in [0.25, 0.3) is 0 Å². The lowest BCUT2D eigenvalue weighted by Gasteiger charge is -2.26. The molecule has 0 bridgehead atoms. The number of ether oxygens (including phenoxy) is 2. The maximum atomic E-state index is 5.99. The highest BCUT2D eigenvalue weighted by Crippen LogP contribution is 2.39. The number of hydrogen-bond acceptors (Lipinski definition) is 3. The Hall–Kier alpha value is 0.610. The van der Waals surface area contributed by atoms with E-state index < -0.39 is 0 Å². The molecule has 0 N–H and O–H groups in total. The van der Waals surface area contributed by atoms with Crippen molar-refractivity contribution in [2.24, 2.45) is 5.92 Å². The van der Waals surface area contributed by atoms with Crippen molar-refractivity contribution in [3.8, 4) is 0 Å². The average Bonchev–Trinajstić information content (AvgIpc) is 2.47. The second-order valence-corrected chi connectivity index (χ2v) is 6.66. The highest BCUT2D eigenvalue weighted by atomic mass is 127. The third-order valence-corrected chi connectivity index (χ3v) is 4.14. The van der Waals surface area contributed by atoms with E-state index in [1.54, 1.807) is 0 Å². The summed E-state index contributed by atoms with van der Waals surface area (Å²) in [6.45, 7) is 9.54. The van der Waals surface area contributed by atoms with Gasteiger partial charge in [0.15, 0.2) is 5.79 Å². The van der Waals surface area contributed by atoms with E-state index in [1.165, 1.54) is 6.42 Å². The van der Waals surface area contributed by atoms with Gasteiger partial charge in [-0.15, -0.1) is 0 Å². The van der Waals surface area contributed by atoms with Crippen LogP contribution >= 0.6 is 22.9 Å². The molecule has 2 aliphatic rings. The molecule has 2 heterocycles. The van der Waals surface area contributed by atoms with E-state index in [4.69, 9.17) is 9.47 Å². The summed E-state index contributed by atoms with van der Waals surface area (Å²) in [5, 5.41) is 0. The molecule has 2 fully saturated rings. The lowest BCUT2D eigenvalue weighted by atomic mass is 10.00. The van der Waals surface area contributed by atoms with Crippen LogP contribution in [0.25, 0.3) is 0 Å². The summed E-state index contributed by atoms with van der Waals surface area (Å²) in [6, 6.07) is 0.511. The summed E-state index contributed by atoms with van der Waals surface area (Å²) in [4.78, 5) is 0. The molecule has 0 amide bonds. The molecule has 0 saturated carbocycles. The molecule has 3 unspecified atom stereocenters. The molecule has 0 radical (unpaired) electrons. The van der Waals surface area contributed by atoms with Gasteiger partial charge >= 0.3 is 0 Å². The normalized spacial score (nSPS) is 40.0. The van der Waals surface area contributed by atoms with Crippen molar-refractivity contribution in [3.05, 3.63) is 0 Å². The molecule has 0 aromatic carbocycles. The van der Waals surface area contributed by atoms with E-state index in [0.717, 1.165) is 6.54 Å². The molecular formula is C11H20INO2. The van der Waals surface area contributed by atoms with Crippen molar-refractivity contribution in [1.29, 1.82) is 0 Å². The van der Waals surface area contributed by atoms with Gasteiger partial charge in [0.05, 0.1) is 0 Å². The van der Waals surface area contributed by atoms with Gasteiger partial charge in [-0.25, -0.2) is 3.11 Å². The van der Waals surface area contributed by atoms with Gasteiger partial charge in [-0.3, -0.25) is 0 Å². The smallest absolute Gasteiger partial charge is 0.163 e. The van der Waals surface area contributed by atoms with E-state index in [-0.39, 0.29) is 18.0 Å². The Morgan fingerprint density at radius 1 is 1.40 bits per heavy atom. The molecule has 2 saturated heterocycles. The van der Waals surface area contributed by atoms with Crippen LogP contribution in [0.2, 0.25) is 0 Å². The van der Waals surface area contributed by atoms with E-state index in [1.807, 2.05) is 13.8 Å². The Labute approximate surface area is 106 Å². The fraction of sp³-hybridized carbons (Fsp3) is 1.00. The molecule has 0 aromatic rings. The van der Waals surface area contributed by atoms with Crippen LogP contribution in [0.4, 0.5) is 0 Å². The number of rotatable bonds is 2. The summed E-state index contributed by atoms with van der Waals surface area (Å²) in [5.74, 6) is 0.320. The van der Waals surface area contributed by atoms with Crippen LogP contribution in [0.15, 0.2) is 0 Å². The predicted octanol–water partition coefficient (Wildman–Crippen LogP) is 2.59. The lowest BCUT2D eigenvalue weighted by molar-refractivity contribution is -0.156. The van der Waals surface area contributed by atoms with Crippen molar-refractivity contribution in [2.45, 2.75) is 58.2 Å². The predicted molar refractivity (Wildman–Crippen MR) is 67.8 cm³/mol. The van der Waals surface area contributed by atoms with Crippen LogP contribution in [0.1, 0.15) is 34.1 Å². The molecule has 2 rings (SSSR count). The lowest BCUT2D eigenvalue weighted by Crippen LogP contribution is -2.34. The van der Waals surface area contributed by atoms with Crippen molar-refractivity contribution >= 4 is 22.9 Å². The molecule has 0 aromatic heterocycles. The first kappa shape index (κ1) is 12.1. The molecule has 4 heteroatoms. The summed E-state index contributed by atoms with van der Waals surface area (Å²) >= 11 is 2.40. The summed E-state index contributed by atoms with van der Waals surface area (Å²) in [5.41, 5.74) is 0. The quantitative estimate of drug-likeness (QED) is 0.575. The summed E-state index contributed by atoms with van der Waals surface area (Å²) in [6.07, 6.45) is 1.71. The van der Waals surface area contributed by atoms with Gasteiger partial charge in [0, 0.05) is 35.5 Å². The average molecular weight is 325 g/mol. The van der Waals surface area contributed by atoms with Gasteiger partial charge in [-0.05, 0) is 26.2 Å². The van der Waals surface area contributed by atoms with Crippen LogP contribution in [0.3, 0.4) is 0 Å². The molecule has 2 aliphatic heterocycles. The molecule has 0 aliphatic carbocycles. The largest absolute Gasteiger partial charge is 0.343 e. The van der Waals surface area contributed by atoms with Crippen LogP contribution in [0.5, 0.6) is 0 Å². The van der Waals surface area contributed by atoms with Gasteiger partial charge < -0.3 is 9.47 Å². The SMILES string of the molecule is CC(C)CC1C2OC(C)(C)OC2CN1I. The zero-order valence-corrected chi connectivity index (χ0v) is 12.0. The monoisotopic (exact) mass is 325 g/mol. The number of halogens is 1. The minimum Gasteiger partial charge on any atom is -0.343 e. The van der Waals surface area contributed by atoms with Crippen LogP contribution < -0.4 is 0 Å². The van der Waals surface area contributed by atoms with Gasteiger partial charge in [0.2, 0.25) is 0 Å². The Bertz CT molecular complexity index is 245. The Balaban J connectivity index is 2.05. The van der Waals surface area contributed by atoms with Gasteiger partial charge in [-0.1, -0.05) is 13.8 Å². The third-order valence-electron chi connectivity index (χ3n) is 3.03. The van der Waals surface area contributed by atoms with Gasteiger partial charge in [-0.2, -0.15) is 0 Å². The Kier molecular flexibility index (Phi) is 3.32. The molecule has 15 heavy (non-hydrogen) atoms. The number of hydrogen-bond donors (Lipinski definition) is 0. The maximum absolute atomic E-state index is 5.99. The summed E-state index contributed by atoms with van der Waals surface area (Å²) in [7, 11) is 0. The number of nitrogens with zero attached hydrogens (tertiary/aromatic N) is 1.